The number of halogens is 5. The molecule has 4 N–H and O–H groups in total. The number of anilines is 2. The third kappa shape index (κ3) is 8.52. The van der Waals surface area contributed by atoms with E-state index < -0.39 is 40.5 Å². The second-order valence-electron chi connectivity index (χ2n) is 8.82. The molecule has 1 aromatic heterocycles. The maximum Gasteiger partial charge on any atom is 0.416 e. The molecule has 0 aliphatic heterocycles. The topological polar surface area (TPSA) is 126 Å². The van der Waals surface area contributed by atoms with E-state index in [1.807, 2.05) is 0 Å². The van der Waals surface area contributed by atoms with Crippen LogP contribution in [0.2, 0.25) is 0 Å². The lowest BCUT2D eigenvalue weighted by atomic mass is 10.0. The minimum Gasteiger partial charge on any atom is -0.493 e. The number of carbonyl (C=O) groups excluding carboxylic acids is 2. The fourth-order valence-corrected chi connectivity index (χ4v) is 3.86. The fourth-order valence-electron chi connectivity index (χ4n) is 3.86. The Kier molecular flexibility index (Phi) is 12.5. The molecule has 0 aliphatic rings. The van der Waals surface area contributed by atoms with E-state index in [0.29, 0.717) is 23.7 Å². The van der Waals surface area contributed by atoms with Crippen LogP contribution in [0.15, 0.2) is 53.5 Å². The van der Waals surface area contributed by atoms with Crippen LogP contribution in [-0.4, -0.2) is 61.0 Å². The first kappa shape index (κ1) is 35.1. The Morgan fingerprint density at radius 3 is 2.27 bits per heavy atom. The molecule has 0 atom stereocenters. The molecule has 3 rings (SSSR count). The van der Waals surface area contributed by atoms with Crippen molar-refractivity contribution in [3.05, 3.63) is 76.0 Å². The number of likely N-dealkylation sites (N-methyl/N-ethyl adjacent to an activating group) is 1. The highest BCUT2D eigenvalue weighted by atomic mass is 35.5. The monoisotopic (exact) mass is 602 g/mol. The Labute approximate surface area is 239 Å². The molecule has 0 fully saturated rings. The van der Waals surface area contributed by atoms with Gasteiger partial charge in [0.05, 0.1) is 29.1 Å². The van der Waals surface area contributed by atoms with Crippen molar-refractivity contribution < 1.29 is 37.4 Å². The summed E-state index contributed by atoms with van der Waals surface area (Å²) in [6.45, 7) is 3.63. The van der Waals surface area contributed by atoms with E-state index in [1.165, 1.54) is 24.4 Å². The highest BCUT2D eigenvalue weighted by Crippen LogP contribution is 2.38. The molecule has 224 valence electrons. The number of carbonyl (C=O) groups is 2. The summed E-state index contributed by atoms with van der Waals surface area (Å²) in [7, 11) is 3.52. The number of ether oxygens (including phenoxy) is 1. The van der Waals surface area contributed by atoms with Crippen molar-refractivity contribution >= 4 is 35.6 Å². The average Bonchev–Trinajstić information content (AvgIpc) is 2.84. The number of hydrogen-bond acceptors (Lipinski definition) is 5. The summed E-state index contributed by atoms with van der Waals surface area (Å²) in [5.41, 5.74) is -1.76. The van der Waals surface area contributed by atoms with Crippen LogP contribution in [0, 0.1) is 5.82 Å². The van der Waals surface area contributed by atoms with E-state index in [-0.39, 0.29) is 48.2 Å². The lowest BCUT2D eigenvalue weighted by Gasteiger charge is -2.25. The van der Waals surface area contributed by atoms with Gasteiger partial charge in [-0.3, -0.25) is 19.3 Å². The summed E-state index contributed by atoms with van der Waals surface area (Å²) in [4.78, 5) is 42.5. The molecule has 0 unspecified atom stereocenters. The zero-order valence-electron chi connectivity index (χ0n) is 22.7. The average molecular weight is 603 g/mol. The zero-order valence-corrected chi connectivity index (χ0v) is 23.5. The minimum atomic E-state index is -4.75. The van der Waals surface area contributed by atoms with E-state index in [1.54, 1.807) is 25.9 Å². The molecular weight excluding hydrogens is 572 g/mol. The standard InChI is InChI=1S/C27H28F4N4O4.ClH.H2O/c1-5-39-24-14-25(37)33-15-20(24)17-6-8-23(21(28)12-17)35(16(2)36)22-9-7-18(27(29,30)31)13-19(22)26(38)32-10-11-34(3)4;;/h6-9,12-15H,5,10-11H2,1-4H3,(H,32,38)(H,33,37);1H;1H2. The number of rotatable bonds is 9. The number of nitrogens with one attached hydrogen (secondary N) is 2. The largest absolute Gasteiger partial charge is 0.493 e. The van der Waals surface area contributed by atoms with Crippen LogP contribution in [0.1, 0.15) is 29.8 Å². The maximum atomic E-state index is 15.5. The van der Waals surface area contributed by atoms with Crippen LogP contribution in [0.5, 0.6) is 5.75 Å². The van der Waals surface area contributed by atoms with Crippen LogP contribution >= 0.6 is 12.4 Å². The fraction of sp³-hybridized carbons (Fsp3) is 0.296. The first-order valence-corrected chi connectivity index (χ1v) is 11.9. The first-order chi connectivity index (χ1) is 18.3. The lowest BCUT2D eigenvalue weighted by molar-refractivity contribution is -0.137. The normalized spacial score (nSPS) is 10.9. The van der Waals surface area contributed by atoms with E-state index in [0.717, 1.165) is 30.0 Å². The van der Waals surface area contributed by atoms with Crippen LogP contribution in [0.3, 0.4) is 0 Å². The number of nitrogens with zero attached hydrogens (tertiary/aromatic N) is 2. The number of alkyl halides is 3. The second-order valence-corrected chi connectivity index (χ2v) is 8.82. The van der Waals surface area contributed by atoms with Gasteiger partial charge in [-0.05, 0) is 56.9 Å². The lowest BCUT2D eigenvalue weighted by Crippen LogP contribution is -2.33. The molecule has 2 aromatic carbocycles. The smallest absolute Gasteiger partial charge is 0.416 e. The van der Waals surface area contributed by atoms with Crippen molar-refractivity contribution in [2.75, 3.05) is 38.7 Å². The molecular formula is C27H31ClF4N4O5. The van der Waals surface area contributed by atoms with Crippen LogP contribution in [0.25, 0.3) is 11.1 Å². The van der Waals surface area contributed by atoms with E-state index in [2.05, 4.69) is 10.3 Å². The Bertz CT molecular complexity index is 1430. The zero-order chi connectivity index (χ0) is 28.9. The Balaban J connectivity index is 0.00000420. The number of amides is 2. The predicted molar refractivity (Wildman–Crippen MR) is 150 cm³/mol. The Morgan fingerprint density at radius 2 is 1.71 bits per heavy atom. The van der Waals surface area contributed by atoms with Gasteiger partial charge in [-0.15, -0.1) is 12.4 Å². The molecule has 0 bridgehead atoms. The van der Waals surface area contributed by atoms with Gasteiger partial charge >= 0.3 is 6.18 Å². The maximum absolute atomic E-state index is 15.5. The van der Waals surface area contributed by atoms with Crippen molar-refractivity contribution in [2.45, 2.75) is 20.0 Å². The molecule has 41 heavy (non-hydrogen) atoms. The van der Waals surface area contributed by atoms with Gasteiger partial charge in [0, 0.05) is 37.8 Å². The number of benzene rings is 2. The molecule has 0 radical (unpaired) electrons. The summed E-state index contributed by atoms with van der Waals surface area (Å²) < 4.78 is 61.4. The van der Waals surface area contributed by atoms with Gasteiger partial charge in [-0.2, -0.15) is 13.2 Å². The van der Waals surface area contributed by atoms with Gasteiger partial charge < -0.3 is 25.4 Å². The van der Waals surface area contributed by atoms with Gasteiger partial charge in [0.25, 0.3) is 11.5 Å². The van der Waals surface area contributed by atoms with Crippen LogP contribution < -0.4 is 20.5 Å². The quantitative estimate of drug-likeness (QED) is 0.356. The summed E-state index contributed by atoms with van der Waals surface area (Å²) >= 11 is 0. The molecule has 9 nitrogen and oxygen atoms in total. The first-order valence-electron chi connectivity index (χ1n) is 11.9. The molecule has 3 aromatic rings. The molecule has 1 heterocycles. The van der Waals surface area contributed by atoms with Crippen molar-refractivity contribution in [2.24, 2.45) is 0 Å². The third-order valence-electron chi connectivity index (χ3n) is 5.65. The Morgan fingerprint density at radius 1 is 1.05 bits per heavy atom. The predicted octanol–water partition coefficient (Wildman–Crippen LogP) is 4.17. The van der Waals surface area contributed by atoms with Crippen molar-refractivity contribution in [3.63, 3.8) is 0 Å². The SMILES string of the molecule is CCOc1cc(=O)[nH]cc1-c1ccc(N(C(C)=O)c2ccc(C(F)(F)F)cc2C(=O)NCCN(C)C)c(F)c1.Cl.O. The molecule has 0 aliphatic carbocycles. The summed E-state index contributed by atoms with van der Waals surface area (Å²) in [6.07, 6.45) is -3.39. The van der Waals surface area contributed by atoms with Crippen molar-refractivity contribution in [3.8, 4) is 16.9 Å². The highest BCUT2D eigenvalue weighted by Gasteiger charge is 2.33. The van der Waals surface area contributed by atoms with Gasteiger partial charge in [-0.25, -0.2) is 4.39 Å². The number of hydrogen-bond donors (Lipinski definition) is 2. The van der Waals surface area contributed by atoms with Gasteiger partial charge in [0.2, 0.25) is 5.91 Å². The number of pyridine rings is 1. The number of aromatic amines is 1. The van der Waals surface area contributed by atoms with Crippen molar-refractivity contribution in [1.82, 2.24) is 15.2 Å². The highest BCUT2D eigenvalue weighted by molar-refractivity contribution is 6.08. The van der Waals surface area contributed by atoms with E-state index in [9.17, 15) is 27.6 Å². The molecule has 0 saturated carbocycles. The Hall–Kier alpha value is -3.94. The molecule has 2 amide bonds. The summed E-state index contributed by atoms with van der Waals surface area (Å²) in [5.74, 6) is -2.26. The molecule has 0 saturated heterocycles. The van der Waals surface area contributed by atoms with Crippen molar-refractivity contribution in [1.29, 1.82) is 0 Å². The number of H-pyrrole nitrogens is 1. The number of aromatic nitrogens is 1. The van der Waals surface area contributed by atoms with Crippen LogP contribution in [-0.2, 0) is 11.0 Å². The van der Waals surface area contributed by atoms with Crippen LogP contribution in [0.4, 0.5) is 28.9 Å². The molecule has 0 spiro atoms. The van der Waals surface area contributed by atoms with Gasteiger partial charge in [0.1, 0.15) is 11.6 Å². The summed E-state index contributed by atoms with van der Waals surface area (Å²) in [6, 6.07) is 7.37. The van der Waals surface area contributed by atoms with E-state index >= 15 is 4.39 Å². The summed E-state index contributed by atoms with van der Waals surface area (Å²) in [5, 5.41) is 2.54. The molecule has 14 heteroatoms. The van der Waals surface area contributed by atoms with Gasteiger partial charge in [0.15, 0.2) is 0 Å². The van der Waals surface area contributed by atoms with E-state index in [4.69, 9.17) is 4.74 Å². The minimum absolute atomic E-state index is 0. The van der Waals surface area contributed by atoms with Gasteiger partial charge in [-0.1, -0.05) is 6.07 Å². The second kappa shape index (κ2) is 14.6. The third-order valence-corrected chi connectivity index (χ3v) is 5.65.